The van der Waals surface area contributed by atoms with Crippen molar-refractivity contribution < 1.29 is 4.74 Å². The van der Waals surface area contributed by atoms with Crippen molar-refractivity contribution in [1.82, 2.24) is 10.6 Å². The molecular formula is C18H28N2OS. The third-order valence-corrected chi connectivity index (χ3v) is 5.90. The van der Waals surface area contributed by atoms with Gasteiger partial charge in [-0.2, -0.15) is 0 Å². The lowest BCUT2D eigenvalue weighted by Gasteiger charge is -2.33. The van der Waals surface area contributed by atoms with E-state index in [4.69, 9.17) is 4.74 Å². The minimum Gasteiger partial charge on any atom is -0.379 e. The number of hydrogen-bond donors (Lipinski definition) is 2. The van der Waals surface area contributed by atoms with E-state index in [0.717, 1.165) is 32.2 Å². The maximum absolute atomic E-state index is 5.65. The van der Waals surface area contributed by atoms with Crippen molar-refractivity contribution in [2.75, 3.05) is 26.3 Å². The molecule has 0 spiro atoms. The number of benzene rings is 1. The van der Waals surface area contributed by atoms with Gasteiger partial charge in [0.05, 0.1) is 13.2 Å². The lowest BCUT2D eigenvalue weighted by Crippen LogP contribution is -2.51. The Morgan fingerprint density at radius 2 is 2.18 bits per heavy atom. The van der Waals surface area contributed by atoms with Crippen LogP contribution in [0.5, 0.6) is 0 Å². The van der Waals surface area contributed by atoms with E-state index in [2.05, 4.69) is 47.9 Å². The fourth-order valence-electron chi connectivity index (χ4n) is 3.67. The van der Waals surface area contributed by atoms with Gasteiger partial charge in [-0.1, -0.05) is 31.5 Å². The van der Waals surface area contributed by atoms with Crippen molar-refractivity contribution in [3.63, 3.8) is 0 Å². The summed E-state index contributed by atoms with van der Waals surface area (Å²) < 4.78 is 5.65. The second-order valence-electron chi connectivity index (χ2n) is 6.49. The maximum Gasteiger partial charge on any atom is 0.0623 e. The van der Waals surface area contributed by atoms with Crippen molar-refractivity contribution >= 4 is 11.8 Å². The molecule has 1 aliphatic carbocycles. The van der Waals surface area contributed by atoms with E-state index in [1.165, 1.54) is 24.2 Å². The largest absolute Gasteiger partial charge is 0.379 e. The molecule has 4 atom stereocenters. The Morgan fingerprint density at radius 3 is 2.95 bits per heavy atom. The van der Waals surface area contributed by atoms with Crippen LogP contribution in [0.2, 0.25) is 0 Å². The average molecular weight is 321 g/mol. The summed E-state index contributed by atoms with van der Waals surface area (Å²) in [7, 11) is 0. The number of hydrogen-bond acceptors (Lipinski definition) is 4. The summed E-state index contributed by atoms with van der Waals surface area (Å²) in [6.07, 6.45) is 3.99. The molecule has 1 saturated heterocycles. The predicted octanol–water partition coefficient (Wildman–Crippen LogP) is 2.91. The smallest absolute Gasteiger partial charge is 0.0623 e. The number of nitrogens with one attached hydrogen (secondary N) is 2. The zero-order valence-corrected chi connectivity index (χ0v) is 14.3. The van der Waals surface area contributed by atoms with E-state index >= 15 is 0 Å². The topological polar surface area (TPSA) is 33.3 Å². The van der Waals surface area contributed by atoms with Crippen LogP contribution in [-0.2, 0) is 4.74 Å². The second-order valence-corrected chi connectivity index (χ2v) is 8.00. The van der Waals surface area contributed by atoms with Crippen molar-refractivity contribution in [3.8, 4) is 0 Å². The molecule has 0 radical (unpaired) electrons. The zero-order chi connectivity index (χ0) is 15.2. The van der Waals surface area contributed by atoms with E-state index in [1.807, 2.05) is 11.8 Å². The summed E-state index contributed by atoms with van der Waals surface area (Å²) >= 11 is 1.96. The van der Waals surface area contributed by atoms with Gasteiger partial charge in [0.25, 0.3) is 0 Å². The zero-order valence-electron chi connectivity index (χ0n) is 13.5. The number of rotatable bonds is 6. The first kappa shape index (κ1) is 16.3. The molecule has 0 amide bonds. The molecule has 1 heterocycles. The molecule has 1 aromatic carbocycles. The Kier molecular flexibility index (Phi) is 6.19. The standard InChI is InChI=1S/C18H28N2OS/c1-14(22-15-6-3-2-4-7-15)12-20-17-9-5-8-16(17)18-13-21-11-10-19-18/h2-4,6-7,14,16-20H,5,8-13H2,1H3. The van der Waals surface area contributed by atoms with Crippen LogP contribution < -0.4 is 10.6 Å². The van der Waals surface area contributed by atoms with Gasteiger partial charge in [-0.05, 0) is 30.9 Å². The molecule has 2 N–H and O–H groups in total. The van der Waals surface area contributed by atoms with Gasteiger partial charge in [0.15, 0.2) is 0 Å². The van der Waals surface area contributed by atoms with Crippen LogP contribution >= 0.6 is 11.8 Å². The van der Waals surface area contributed by atoms with E-state index in [9.17, 15) is 0 Å². The first-order valence-corrected chi connectivity index (χ1v) is 9.47. The van der Waals surface area contributed by atoms with Gasteiger partial charge in [0, 0.05) is 35.3 Å². The number of morpholine rings is 1. The minimum atomic E-state index is 0.547. The minimum absolute atomic E-state index is 0.547. The lowest BCUT2D eigenvalue weighted by atomic mass is 9.94. The summed E-state index contributed by atoms with van der Waals surface area (Å²) in [5.74, 6) is 0.731. The highest BCUT2D eigenvalue weighted by Gasteiger charge is 2.34. The van der Waals surface area contributed by atoms with Gasteiger partial charge >= 0.3 is 0 Å². The van der Waals surface area contributed by atoms with Crippen molar-refractivity contribution in [1.29, 1.82) is 0 Å². The summed E-state index contributed by atoms with van der Waals surface area (Å²) in [6, 6.07) is 11.9. The Labute approximate surface area is 138 Å². The van der Waals surface area contributed by atoms with Gasteiger partial charge in [0.1, 0.15) is 0 Å². The monoisotopic (exact) mass is 320 g/mol. The Bertz CT molecular complexity index is 436. The molecule has 1 aliphatic heterocycles. The Hall–Kier alpha value is -0.550. The molecule has 0 bridgehead atoms. The van der Waals surface area contributed by atoms with Crippen LogP contribution in [0.25, 0.3) is 0 Å². The Balaban J connectivity index is 1.45. The number of ether oxygens (including phenoxy) is 1. The van der Waals surface area contributed by atoms with Crippen LogP contribution in [0.15, 0.2) is 35.2 Å². The summed E-state index contributed by atoms with van der Waals surface area (Å²) in [6.45, 7) is 6.16. The van der Waals surface area contributed by atoms with Crippen LogP contribution in [0.3, 0.4) is 0 Å². The average Bonchev–Trinajstić information content (AvgIpc) is 3.03. The quantitative estimate of drug-likeness (QED) is 0.790. The number of thioether (sulfide) groups is 1. The van der Waals surface area contributed by atoms with Crippen LogP contribution in [0, 0.1) is 5.92 Å². The van der Waals surface area contributed by atoms with Crippen LogP contribution in [-0.4, -0.2) is 43.6 Å². The van der Waals surface area contributed by atoms with E-state index in [1.54, 1.807) is 0 Å². The molecule has 22 heavy (non-hydrogen) atoms. The molecule has 3 nitrogen and oxygen atoms in total. The van der Waals surface area contributed by atoms with Gasteiger partial charge in [0.2, 0.25) is 0 Å². The fraction of sp³-hybridized carbons (Fsp3) is 0.667. The molecule has 1 saturated carbocycles. The molecule has 2 aliphatic rings. The first-order chi connectivity index (χ1) is 10.8. The molecule has 122 valence electrons. The molecular weight excluding hydrogens is 292 g/mol. The van der Waals surface area contributed by atoms with Gasteiger partial charge in [-0.15, -0.1) is 11.8 Å². The summed E-state index contributed by atoms with van der Waals surface area (Å²) in [5.41, 5.74) is 0. The van der Waals surface area contributed by atoms with E-state index < -0.39 is 0 Å². The highest BCUT2D eigenvalue weighted by atomic mass is 32.2. The SMILES string of the molecule is CC(CNC1CCCC1C1COCCN1)Sc1ccccc1. The molecule has 0 aromatic heterocycles. The van der Waals surface area contributed by atoms with E-state index in [-0.39, 0.29) is 0 Å². The van der Waals surface area contributed by atoms with Gasteiger partial charge in [-0.25, -0.2) is 0 Å². The molecule has 1 aromatic rings. The van der Waals surface area contributed by atoms with Crippen molar-refractivity contribution in [2.45, 2.75) is 48.4 Å². The molecule has 4 unspecified atom stereocenters. The fourth-order valence-corrected chi connectivity index (χ4v) is 4.63. The molecule has 3 rings (SSSR count). The Morgan fingerprint density at radius 1 is 1.32 bits per heavy atom. The predicted molar refractivity (Wildman–Crippen MR) is 93.5 cm³/mol. The third-order valence-electron chi connectivity index (χ3n) is 4.78. The third kappa shape index (κ3) is 4.48. The normalized spacial score (nSPS) is 30.3. The maximum atomic E-state index is 5.65. The molecule has 4 heteroatoms. The van der Waals surface area contributed by atoms with Gasteiger partial charge in [-0.3, -0.25) is 0 Å². The summed E-state index contributed by atoms with van der Waals surface area (Å²) in [5, 5.41) is 8.08. The van der Waals surface area contributed by atoms with Gasteiger partial charge < -0.3 is 15.4 Å². The summed E-state index contributed by atoms with van der Waals surface area (Å²) in [4.78, 5) is 1.36. The van der Waals surface area contributed by atoms with E-state index in [0.29, 0.717) is 17.3 Å². The first-order valence-electron chi connectivity index (χ1n) is 8.59. The molecule has 2 fully saturated rings. The van der Waals surface area contributed by atoms with Crippen molar-refractivity contribution in [3.05, 3.63) is 30.3 Å². The highest BCUT2D eigenvalue weighted by Crippen LogP contribution is 2.30. The second kappa shape index (κ2) is 8.34. The lowest BCUT2D eigenvalue weighted by molar-refractivity contribution is 0.0526. The van der Waals surface area contributed by atoms with Crippen molar-refractivity contribution in [2.24, 2.45) is 5.92 Å². The van der Waals surface area contributed by atoms with Crippen LogP contribution in [0.1, 0.15) is 26.2 Å². The van der Waals surface area contributed by atoms with Crippen LogP contribution in [0.4, 0.5) is 0 Å². The highest BCUT2D eigenvalue weighted by molar-refractivity contribution is 8.00.